The summed E-state index contributed by atoms with van der Waals surface area (Å²) in [6.45, 7) is 35.9. The number of anilines is 1. The average Bonchev–Trinajstić information content (AvgIpc) is 3.78. The first-order chi connectivity index (χ1) is 30.7. The number of ether oxygens (including phenoxy) is 1. The van der Waals surface area contributed by atoms with Gasteiger partial charge in [-0.05, 0) is 102 Å². The molecule has 0 radical (unpaired) electrons. The van der Waals surface area contributed by atoms with Crippen LogP contribution in [0.1, 0.15) is 121 Å². The van der Waals surface area contributed by atoms with Crippen molar-refractivity contribution in [2.45, 2.75) is 167 Å². The number of piperazine rings is 1. The molecule has 2 bridgehead atoms. The molecule has 4 heterocycles. The van der Waals surface area contributed by atoms with Crippen LogP contribution in [-0.2, 0) is 0 Å². The minimum absolute atomic E-state index is 0.0417. The lowest BCUT2D eigenvalue weighted by Gasteiger charge is -2.42. The summed E-state index contributed by atoms with van der Waals surface area (Å²) in [7, 11) is -4.94. The van der Waals surface area contributed by atoms with Crippen LogP contribution >= 0.6 is 0 Å². The van der Waals surface area contributed by atoms with Crippen LogP contribution in [0.5, 0.6) is 11.8 Å². The van der Waals surface area contributed by atoms with E-state index in [0.717, 1.165) is 38.8 Å². The fourth-order valence-corrected chi connectivity index (χ4v) is 23.0. The van der Waals surface area contributed by atoms with E-state index >= 15 is 13.2 Å². The molecule has 1 aromatic heterocycles. The van der Waals surface area contributed by atoms with E-state index in [1.54, 1.807) is 12.1 Å². The number of hydrogen-bond acceptors (Lipinski definition) is 7. The van der Waals surface area contributed by atoms with E-state index in [1.165, 1.54) is 12.1 Å². The second-order valence-electron chi connectivity index (χ2n) is 21.5. The van der Waals surface area contributed by atoms with Gasteiger partial charge in [0.1, 0.15) is 43.4 Å². The molecule has 7 nitrogen and oxygen atoms in total. The predicted molar refractivity (Wildman–Crippen MR) is 269 cm³/mol. The summed E-state index contributed by atoms with van der Waals surface area (Å²) in [5.74, 6) is 2.15. The number of benzene rings is 3. The van der Waals surface area contributed by atoms with E-state index in [4.69, 9.17) is 19.1 Å². The van der Waals surface area contributed by atoms with Crippen molar-refractivity contribution in [1.82, 2.24) is 20.2 Å². The number of rotatable bonds is 15. The Balaban J connectivity index is 1.51. The van der Waals surface area contributed by atoms with Gasteiger partial charge in [0, 0.05) is 48.1 Å². The van der Waals surface area contributed by atoms with E-state index in [9.17, 15) is 0 Å². The lowest BCUT2D eigenvalue weighted by Crippen LogP contribution is -2.51. The second-order valence-corrected chi connectivity index (χ2v) is 32.5. The van der Waals surface area contributed by atoms with Crippen molar-refractivity contribution in [3.05, 3.63) is 66.0 Å². The van der Waals surface area contributed by atoms with Gasteiger partial charge in [-0.25, -0.2) is 13.2 Å². The largest absolute Gasteiger partial charge is 0.543 e. The van der Waals surface area contributed by atoms with Crippen molar-refractivity contribution in [1.29, 1.82) is 0 Å². The van der Waals surface area contributed by atoms with Crippen LogP contribution in [-0.4, -0.2) is 81.7 Å². The van der Waals surface area contributed by atoms with Crippen LogP contribution in [0.15, 0.2) is 43.0 Å². The third-order valence-electron chi connectivity index (χ3n) is 15.7. The highest BCUT2D eigenvalue weighted by Crippen LogP contribution is 2.47. The van der Waals surface area contributed by atoms with Gasteiger partial charge in [0.05, 0.1) is 16.7 Å². The van der Waals surface area contributed by atoms with E-state index in [-0.39, 0.29) is 67.8 Å². The van der Waals surface area contributed by atoms with Gasteiger partial charge < -0.3 is 19.4 Å². The highest BCUT2D eigenvalue weighted by Gasteiger charge is 2.47. The Morgan fingerprint density at radius 3 is 2.08 bits per heavy atom. The Morgan fingerprint density at radius 2 is 1.49 bits per heavy atom. The number of halogens is 3. The van der Waals surface area contributed by atoms with Gasteiger partial charge >= 0.3 is 6.01 Å². The maximum absolute atomic E-state index is 18.2. The first kappa shape index (κ1) is 49.0. The van der Waals surface area contributed by atoms with Gasteiger partial charge in [0.2, 0.25) is 0 Å². The summed E-state index contributed by atoms with van der Waals surface area (Å²) in [4.78, 5) is 14.2. The highest BCUT2D eigenvalue weighted by atomic mass is 28.4. The molecule has 3 aromatic carbocycles. The number of nitrogens with one attached hydrogen (secondary N) is 1. The summed E-state index contributed by atoms with van der Waals surface area (Å²) in [6.07, 6.45) is 5.89. The Hall–Kier alpha value is -3.90. The fourth-order valence-electron chi connectivity index (χ4n) is 12.6. The zero-order valence-corrected chi connectivity index (χ0v) is 43.4. The van der Waals surface area contributed by atoms with Crippen molar-refractivity contribution in [3.63, 3.8) is 0 Å². The van der Waals surface area contributed by atoms with Crippen LogP contribution in [0.2, 0.25) is 33.2 Å². The van der Waals surface area contributed by atoms with Gasteiger partial charge in [-0.1, -0.05) is 101 Å². The zero-order valence-electron chi connectivity index (χ0n) is 41.4. The summed E-state index contributed by atoms with van der Waals surface area (Å²) < 4.78 is 66.2. The first-order valence-electron chi connectivity index (χ1n) is 24.4. The van der Waals surface area contributed by atoms with Crippen molar-refractivity contribution in [3.8, 4) is 34.4 Å². The Morgan fingerprint density at radius 1 is 0.862 bits per heavy atom. The van der Waals surface area contributed by atoms with Gasteiger partial charge in [-0.2, -0.15) is 9.97 Å². The van der Waals surface area contributed by atoms with Gasteiger partial charge in [-0.3, -0.25) is 4.90 Å². The maximum atomic E-state index is 18.2. The molecule has 352 valence electrons. The monoisotopic (exact) mass is 926 g/mol. The van der Waals surface area contributed by atoms with Crippen molar-refractivity contribution < 1.29 is 22.3 Å². The van der Waals surface area contributed by atoms with E-state index in [1.807, 2.05) is 12.1 Å². The molecule has 3 saturated heterocycles. The molecule has 12 heteroatoms. The molecule has 3 aliphatic rings. The Kier molecular flexibility index (Phi) is 14.3. The number of nitrogens with zero attached hydrogens (tertiary/aromatic N) is 4. The summed E-state index contributed by atoms with van der Waals surface area (Å²) >= 11 is 0. The zero-order chi connectivity index (χ0) is 47.3. The molecule has 0 amide bonds. The van der Waals surface area contributed by atoms with Crippen LogP contribution in [0.25, 0.3) is 32.8 Å². The minimum Gasteiger partial charge on any atom is -0.543 e. The van der Waals surface area contributed by atoms with Crippen LogP contribution in [0.3, 0.4) is 0 Å². The van der Waals surface area contributed by atoms with E-state index in [0.29, 0.717) is 58.7 Å². The molecule has 3 fully saturated rings. The van der Waals surface area contributed by atoms with Crippen LogP contribution in [0.4, 0.5) is 19.0 Å². The third kappa shape index (κ3) is 8.89. The van der Waals surface area contributed by atoms with Gasteiger partial charge in [-0.15, -0.1) is 12.1 Å². The molecule has 0 spiro atoms. The quantitative estimate of drug-likeness (QED) is 0.0724. The fraction of sp³-hybridized carbons (Fsp3) is 0.585. The molecule has 3 atom stereocenters. The average molecular weight is 926 g/mol. The van der Waals surface area contributed by atoms with Crippen LogP contribution < -0.4 is 19.4 Å². The van der Waals surface area contributed by atoms with E-state index < -0.39 is 33.8 Å². The SMILES string of the molecule is C=CCN1CCC[C@]1(C)COc1nc(N2C[C@H]3CC[C@@H](C2)N3)c2cc(F)c(-c3cc(O[Si](C(C)C)(C(C)C)C(C)C)cc4ccc(F)c(C#C[Si](C(C)C)(C(C)C)C(C)C)c34)c(F)c2n1. The number of likely N-dealkylation sites (tertiary alicyclic amines) is 1. The van der Waals surface area contributed by atoms with Crippen LogP contribution in [0, 0.1) is 28.9 Å². The molecule has 4 aromatic rings. The predicted octanol–water partition coefficient (Wildman–Crippen LogP) is 13.4. The Bertz CT molecular complexity index is 2430. The smallest absolute Gasteiger partial charge is 0.319 e. The normalized spacial score (nSPS) is 20.7. The first-order valence-corrected chi connectivity index (χ1v) is 28.7. The number of fused-ring (bicyclic) bond motifs is 4. The maximum Gasteiger partial charge on any atom is 0.319 e. The standard InChI is InChI=1S/C53H74F3N5O2Si2/c1-15-23-61-24-16-22-53(61,14)31-62-52-58-50-44(51(59-52)60-29-39-18-19-40(30-60)57-39)28-46(55)48(49(50)56)43-27-41(63-65(35(8)9,36(10)11)37(12)13)26-38-17-20-45(54)42(47(38)43)21-25-64(32(2)3,33(4)5)34(6)7/h15,17,20,26-28,32-37,39-40,57H,1,16,18-19,22-24,29-31H2,2-14H3/t39-,40+,53-/m1/s1. The molecular formula is C53H74F3N5O2Si2. The van der Waals surface area contributed by atoms with E-state index in [2.05, 4.69) is 123 Å². The molecule has 0 saturated carbocycles. The second kappa shape index (κ2) is 19.0. The number of aromatic nitrogens is 2. The molecule has 0 unspecified atom stereocenters. The Labute approximate surface area is 389 Å². The minimum atomic E-state index is -2.57. The summed E-state index contributed by atoms with van der Waals surface area (Å²) in [5.41, 5.74) is 4.97. The molecule has 65 heavy (non-hydrogen) atoms. The van der Waals surface area contributed by atoms with Gasteiger partial charge in [0.15, 0.2) is 5.82 Å². The summed E-state index contributed by atoms with van der Waals surface area (Å²) in [6, 6.07) is 8.66. The highest BCUT2D eigenvalue weighted by molar-refractivity contribution is 6.90. The number of hydrogen-bond donors (Lipinski definition) is 1. The lowest BCUT2D eigenvalue weighted by molar-refractivity contribution is 0.0960. The topological polar surface area (TPSA) is 62.8 Å². The summed E-state index contributed by atoms with van der Waals surface area (Å²) in [5, 5.41) is 4.90. The van der Waals surface area contributed by atoms with Crippen molar-refractivity contribution in [2.24, 2.45) is 0 Å². The van der Waals surface area contributed by atoms with Crippen molar-refractivity contribution in [2.75, 3.05) is 37.7 Å². The molecule has 7 rings (SSSR count). The van der Waals surface area contributed by atoms with Gasteiger partial charge in [0.25, 0.3) is 8.32 Å². The van der Waals surface area contributed by atoms with Crippen molar-refractivity contribution >= 4 is 43.9 Å². The molecule has 1 N–H and O–H groups in total. The molecular weight excluding hydrogens is 852 g/mol. The third-order valence-corrected chi connectivity index (χ3v) is 28.0. The molecule has 3 aliphatic heterocycles. The molecule has 0 aliphatic carbocycles. The lowest BCUT2D eigenvalue weighted by atomic mass is 9.92.